The highest BCUT2D eigenvalue weighted by Crippen LogP contribution is 2.20. The summed E-state index contributed by atoms with van der Waals surface area (Å²) in [7, 11) is 0. The van der Waals surface area contributed by atoms with Crippen molar-refractivity contribution in [3.63, 3.8) is 0 Å². The van der Waals surface area contributed by atoms with E-state index >= 15 is 0 Å². The number of aryl methyl sites for hydroxylation is 2. The Morgan fingerprint density at radius 1 is 1.31 bits per heavy atom. The highest BCUT2D eigenvalue weighted by molar-refractivity contribution is 5.85. The highest BCUT2D eigenvalue weighted by Gasteiger charge is 2.09. The molecular formula is C12H20ClN3. The maximum Gasteiger partial charge on any atom is 0.129 e. The lowest BCUT2D eigenvalue weighted by Gasteiger charge is -2.17. The zero-order valence-corrected chi connectivity index (χ0v) is 10.4. The molecule has 1 aromatic rings. The Hall–Kier alpha value is -0.800. The van der Waals surface area contributed by atoms with Crippen molar-refractivity contribution in [1.29, 1.82) is 0 Å². The van der Waals surface area contributed by atoms with E-state index in [2.05, 4.69) is 22.4 Å². The van der Waals surface area contributed by atoms with Gasteiger partial charge in [-0.1, -0.05) is 6.07 Å². The first-order chi connectivity index (χ1) is 7.40. The first kappa shape index (κ1) is 13.3. The molecule has 0 spiro atoms. The van der Waals surface area contributed by atoms with Gasteiger partial charge in [-0.25, -0.2) is 4.98 Å². The molecule has 0 bridgehead atoms. The number of hydrogen-bond acceptors (Lipinski definition) is 3. The fourth-order valence-corrected chi connectivity index (χ4v) is 1.96. The van der Waals surface area contributed by atoms with E-state index in [4.69, 9.17) is 5.73 Å². The summed E-state index contributed by atoms with van der Waals surface area (Å²) in [5, 5.41) is 3.36. The first-order valence-corrected chi connectivity index (χ1v) is 5.83. The third-order valence-electron chi connectivity index (χ3n) is 2.84. The quantitative estimate of drug-likeness (QED) is 0.795. The minimum atomic E-state index is 0. The smallest absolute Gasteiger partial charge is 0.129 e. The van der Waals surface area contributed by atoms with E-state index in [1.807, 2.05) is 0 Å². The number of fused-ring (bicyclic) bond motifs is 1. The van der Waals surface area contributed by atoms with Crippen molar-refractivity contribution in [2.24, 2.45) is 5.73 Å². The zero-order chi connectivity index (χ0) is 10.5. The minimum Gasteiger partial charge on any atom is -0.370 e. The van der Waals surface area contributed by atoms with Crippen LogP contribution in [0.5, 0.6) is 0 Å². The molecule has 2 heterocycles. The van der Waals surface area contributed by atoms with Crippen LogP contribution in [0.1, 0.15) is 30.5 Å². The number of hydrogen-bond donors (Lipinski definition) is 2. The number of unbranched alkanes of at least 4 members (excludes halogenated alkanes) is 1. The zero-order valence-electron chi connectivity index (χ0n) is 9.54. The van der Waals surface area contributed by atoms with Gasteiger partial charge in [0.05, 0.1) is 0 Å². The van der Waals surface area contributed by atoms with Gasteiger partial charge in [0.15, 0.2) is 0 Å². The van der Waals surface area contributed by atoms with E-state index < -0.39 is 0 Å². The lowest BCUT2D eigenvalue weighted by atomic mass is 10.1. The van der Waals surface area contributed by atoms with Gasteiger partial charge in [0.25, 0.3) is 0 Å². The Balaban J connectivity index is 0.00000128. The molecule has 3 nitrogen and oxygen atoms in total. The molecule has 16 heavy (non-hydrogen) atoms. The summed E-state index contributed by atoms with van der Waals surface area (Å²) in [6.07, 6.45) is 5.67. The molecule has 0 radical (unpaired) electrons. The molecule has 2 rings (SSSR count). The predicted octanol–water partition coefficient (Wildman–Crippen LogP) is 2.14. The maximum absolute atomic E-state index is 5.47. The number of aromatic nitrogens is 1. The van der Waals surface area contributed by atoms with Crippen LogP contribution in [-0.2, 0) is 12.8 Å². The molecule has 3 N–H and O–H groups in total. The van der Waals surface area contributed by atoms with Crippen molar-refractivity contribution in [2.45, 2.75) is 32.1 Å². The van der Waals surface area contributed by atoms with Crippen LogP contribution in [0.3, 0.4) is 0 Å². The fourth-order valence-electron chi connectivity index (χ4n) is 1.96. The van der Waals surface area contributed by atoms with Crippen molar-refractivity contribution >= 4 is 18.2 Å². The second-order valence-corrected chi connectivity index (χ2v) is 4.09. The summed E-state index contributed by atoms with van der Waals surface area (Å²) >= 11 is 0. The Labute approximate surface area is 103 Å². The summed E-state index contributed by atoms with van der Waals surface area (Å²) in [6.45, 7) is 1.84. The van der Waals surface area contributed by atoms with E-state index in [1.165, 1.54) is 24.1 Å². The van der Waals surface area contributed by atoms with Gasteiger partial charge in [-0.05, 0) is 50.3 Å². The minimum absolute atomic E-state index is 0. The van der Waals surface area contributed by atoms with Crippen molar-refractivity contribution in [3.05, 3.63) is 23.4 Å². The molecular weight excluding hydrogens is 222 g/mol. The molecule has 0 saturated heterocycles. The van der Waals surface area contributed by atoms with Crippen molar-refractivity contribution in [3.8, 4) is 0 Å². The maximum atomic E-state index is 5.47. The Kier molecular flexibility index (Phi) is 5.56. The van der Waals surface area contributed by atoms with Crippen LogP contribution in [0.25, 0.3) is 0 Å². The van der Waals surface area contributed by atoms with Gasteiger partial charge >= 0.3 is 0 Å². The number of halogens is 1. The molecule has 0 fully saturated rings. The van der Waals surface area contributed by atoms with Gasteiger partial charge in [-0.15, -0.1) is 12.4 Å². The van der Waals surface area contributed by atoms with Gasteiger partial charge in [0.2, 0.25) is 0 Å². The average Bonchev–Trinajstić information content (AvgIpc) is 2.29. The average molecular weight is 242 g/mol. The fraction of sp³-hybridized carbons (Fsp3) is 0.583. The predicted molar refractivity (Wildman–Crippen MR) is 70.3 cm³/mol. The molecule has 0 unspecified atom stereocenters. The van der Waals surface area contributed by atoms with Gasteiger partial charge in [0.1, 0.15) is 5.82 Å². The van der Waals surface area contributed by atoms with Crippen molar-refractivity contribution < 1.29 is 0 Å². The lowest BCUT2D eigenvalue weighted by molar-refractivity contribution is 0.728. The lowest BCUT2D eigenvalue weighted by Crippen LogP contribution is -2.14. The molecule has 0 atom stereocenters. The number of nitrogens with one attached hydrogen (secondary N) is 1. The van der Waals surface area contributed by atoms with E-state index in [1.54, 1.807) is 0 Å². The highest BCUT2D eigenvalue weighted by atomic mass is 35.5. The second-order valence-electron chi connectivity index (χ2n) is 4.09. The van der Waals surface area contributed by atoms with Gasteiger partial charge in [-0.2, -0.15) is 0 Å². The number of nitrogens with zero attached hydrogens (tertiary/aromatic N) is 1. The van der Waals surface area contributed by atoms with Gasteiger partial charge in [0, 0.05) is 12.2 Å². The molecule has 0 aliphatic carbocycles. The van der Waals surface area contributed by atoms with Crippen LogP contribution in [0, 0.1) is 0 Å². The number of pyridine rings is 1. The normalized spacial score (nSPS) is 13.6. The van der Waals surface area contributed by atoms with Crippen molar-refractivity contribution in [1.82, 2.24) is 4.98 Å². The Morgan fingerprint density at radius 3 is 3.00 bits per heavy atom. The van der Waals surface area contributed by atoms with E-state index in [0.29, 0.717) is 0 Å². The summed E-state index contributed by atoms with van der Waals surface area (Å²) < 4.78 is 0. The van der Waals surface area contributed by atoms with E-state index in [0.717, 1.165) is 38.2 Å². The molecule has 0 amide bonds. The van der Waals surface area contributed by atoms with Gasteiger partial charge in [-0.3, -0.25) is 0 Å². The topological polar surface area (TPSA) is 50.9 Å². The standard InChI is InChI=1S/C12H19N3.ClH/c13-8-2-1-5-11-7-6-10-4-3-9-14-12(10)15-11;/h6-7H,1-5,8-9,13H2,(H,14,15);1H. The molecule has 4 heteroatoms. The van der Waals surface area contributed by atoms with E-state index in [-0.39, 0.29) is 12.4 Å². The second kappa shape index (κ2) is 6.71. The van der Waals surface area contributed by atoms with Crippen LogP contribution in [0.15, 0.2) is 12.1 Å². The molecule has 90 valence electrons. The summed E-state index contributed by atoms with van der Waals surface area (Å²) in [6, 6.07) is 4.37. The molecule has 1 aliphatic heterocycles. The van der Waals surface area contributed by atoms with Crippen LogP contribution in [0.4, 0.5) is 5.82 Å². The number of rotatable bonds is 4. The monoisotopic (exact) mass is 241 g/mol. The third-order valence-corrected chi connectivity index (χ3v) is 2.84. The summed E-state index contributed by atoms with van der Waals surface area (Å²) in [5.41, 5.74) is 8.03. The molecule has 0 aromatic carbocycles. The van der Waals surface area contributed by atoms with Crippen LogP contribution in [0.2, 0.25) is 0 Å². The Morgan fingerprint density at radius 2 is 2.19 bits per heavy atom. The SMILES string of the molecule is Cl.NCCCCc1ccc2c(n1)NCCC2. The number of anilines is 1. The Bertz CT molecular complexity index is 328. The van der Waals surface area contributed by atoms with Crippen LogP contribution in [-0.4, -0.2) is 18.1 Å². The molecule has 0 saturated carbocycles. The summed E-state index contributed by atoms with van der Waals surface area (Å²) in [4.78, 5) is 4.63. The van der Waals surface area contributed by atoms with Crippen LogP contribution >= 0.6 is 12.4 Å². The van der Waals surface area contributed by atoms with Crippen molar-refractivity contribution in [2.75, 3.05) is 18.4 Å². The third kappa shape index (κ3) is 3.35. The first-order valence-electron chi connectivity index (χ1n) is 5.83. The largest absolute Gasteiger partial charge is 0.370 e. The van der Waals surface area contributed by atoms with Gasteiger partial charge < -0.3 is 11.1 Å². The van der Waals surface area contributed by atoms with E-state index in [9.17, 15) is 0 Å². The molecule has 1 aliphatic rings. The summed E-state index contributed by atoms with van der Waals surface area (Å²) in [5.74, 6) is 1.10. The van der Waals surface area contributed by atoms with Crippen LogP contribution < -0.4 is 11.1 Å². The number of nitrogens with two attached hydrogens (primary N) is 1. The molecule has 1 aromatic heterocycles.